The quantitative estimate of drug-likeness (QED) is 0.877. The van der Waals surface area contributed by atoms with Crippen LogP contribution >= 0.6 is 0 Å². The lowest BCUT2D eigenvalue weighted by Crippen LogP contribution is -2.45. The van der Waals surface area contributed by atoms with Crippen molar-refractivity contribution in [2.75, 3.05) is 6.54 Å². The van der Waals surface area contributed by atoms with Crippen LogP contribution in [0.5, 0.6) is 0 Å². The third-order valence-corrected chi connectivity index (χ3v) is 3.54. The minimum Gasteiger partial charge on any atom is -0.380 e. The van der Waals surface area contributed by atoms with Crippen LogP contribution in [0.1, 0.15) is 31.2 Å². The third kappa shape index (κ3) is 3.29. The maximum atomic E-state index is 13.3. The van der Waals surface area contributed by atoms with Crippen LogP contribution in [0.4, 0.5) is 8.78 Å². The normalized spacial score (nSPS) is 17.4. The Bertz CT molecular complexity index is 471. The van der Waals surface area contributed by atoms with Crippen molar-refractivity contribution in [3.63, 3.8) is 0 Å². The molecular formula is C14H17F2NO2. The molecule has 5 heteroatoms. The Morgan fingerprint density at radius 1 is 1.32 bits per heavy atom. The van der Waals surface area contributed by atoms with Crippen molar-refractivity contribution in [3.8, 4) is 0 Å². The first kappa shape index (κ1) is 13.9. The van der Waals surface area contributed by atoms with Gasteiger partial charge >= 0.3 is 0 Å². The van der Waals surface area contributed by atoms with Gasteiger partial charge in [-0.25, -0.2) is 8.78 Å². The average molecular weight is 269 g/mol. The van der Waals surface area contributed by atoms with Crippen molar-refractivity contribution < 1.29 is 18.7 Å². The maximum Gasteiger partial charge on any atom is 0.251 e. The van der Waals surface area contributed by atoms with Gasteiger partial charge < -0.3 is 10.4 Å². The summed E-state index contributed by atoms with van der Waals surface area (Å²) in [4.78, 5) is 11.8. The zero-order chi connectivity index (χ0) is 13.9. The molecular weight excluding hydrogens is 252 g/mol. The molecule has 1 saturated carbocycles. The Labute approximate surface area is 110 Å². The zero-order valence-electron chi connectivity index (χ0n) is 10.6. The molecule has 0 radical (unpaired) electrons. The standard InChI is InChI=1S/C14H17F2NO2/c15-11-3-4-12(16)10(9-11)5-8-17-13(18)14(19)6-1-2-7-14/h3-4,9,19H,1-2,5-8H2,(H,17,18). The van der Waals surface area contributed by atoms with Crippen LogP contribution in [0.25, 0.3) is 0 Å². The number of nitrogens with one attached hydrogen (secondary N) is 1. The Kier molecular flexibility index (Phi) is 4.14. The maximum absolute atomic E-state index is 13.3. The highest BCUT2D eigenvalue weighted by Gasteiger charge is 2.38. The predicted molar refractivity (Wildman–Crippen MR) is 66.5 cm³/mol. The summed E-state index contributed by atoms with van der Waals surface area (Å²) in [5.41, 5.74) is -1.06. The number of aliphatic hydroxyl groups is 1. The van der Waals surface area contributed by atoms with Crippen LogP contribution in [-0.4, -0.2) is 23.2 Å². The lowest BCUT2D eigenvalue weighted by molar-refractivity contribution is -0.139. The molecule has 19 heavy (non-hydrogen) atoms. The highest BCUT2D eigenvalue weighted by molar-refractivity contribution is 5.85. The fourth-order valence-electron chi connectivity index (χ4n) is 2.40. The topological polar surface area (TPSA) is 49.3 Å². The summed E-state index contributed by atoms with van der Waals surface area (Å²) in [6.45, 7) is 0.182. The van der Waals surface area contributed by atoms with Crippen molar-refractivity contribution in [2.45, 2.75) is 37.7 Å². The summed E-state index contributed by atoms with van der Waals surface area (Å²) < 4.78 is 26.3. The van der Waals surface area contributed by atoms with E-state index in [2.05, 4.69) is 5.32 Å². The van der Waals surface area contributed by atoms with Gasteiger partial charge in [0.05, 0.1) is 0 Å². The van der Waals surface area contributed by atoms with Crippen LogP contribution in [0.3, 0.4) is 0 Å². The van der Waals surface area contributed by atoms with Gasteiger partial charge in [0.1, 0.15) is 17.2 Å². The first-order chi connectivity index (χ1) is 9.01. The van der Waals surface area contributed by atoms with Crippen molar-refractivity contribution in [2.24, 2.45) is 0 Å². The predicted octanol–water partition coefficient (Wildman–Crippen LogP) is 1.93. The molecule has 3 nitrogen and oxygen atoms in total. The van der Waals surface area contributed by atoms with Crippen molar-refractivity contribution >= 4 is 5.91 Å². The Balaban J connectivity index is 1.86. The molecule has 0 atom stereocenters. The molecule has 1 aromatic rings. The first-order valence-corrected chi connectivity index (χ1v) is 6.46. The van der Waals surface area contributed by atoms with Gasteiger partial charge in [0.15, 0.2) is 0 Å². The smallest absolute Gasteiger partial charge is 0.251 e. The molecule has 0 bridgehead atoms. The third-order valence-electron chi connectivity index (χ3n) is 3.54. The molecule has 0 unspecified atom stereocenters. The second-order valence-electron chi connectivity index (χ2n) is 4.98. The number of amides is 1. The van der Waals surface area contributed by atoms with E-state index in [0.29, 0.717) is 12.8 Å². The summed E-state index contributed by atoms with van der Waals surface area (Å²) in [7, 11) is 0. The van der Waals surface area contributed by atoms with Gasteiger partial charge in [0, 0.05) is 6.54 Å². The van der Waals surface area contributed by atoms with Crippen molar-refractivity contribution in [1.82, 2.24) is 5.32 Å². The second kappa shape index (κ2) is 5.65. The average Bonchev–Trinajstić information content (AvgIpc) is 2.82. The second-order valence-corrected chi connectivity index (χ2v) is 4.98. The number of rotatable bonds is 4. The minimum absolute atomic E-state index is 0.182. The lowest BCUT2D eigenvalue weighted by Gasteiger charge is -2.20. The highest BCUT2D eigenvalue weighted by Crippen LogP contribution is 2.29. The van der Waals surface area contributed by atoms with E-state index in [4.69, 9.17) is 0 Å². The Morgan fingerprint density at radius 2 is 2.00 bits per heavy atom. The number of benzene rings is 1. The highest BCUT2D eigenvalue weighted by atomic mass is 19.1. The Morgan fingerprint density at radius 3 is 2.68 bits per heavy atom. The fraction of sp³-hybridized carbons (Fsp3) is 0.500. The molecule has 0 spiro atoms. The molecule has 1 aliphatic rings. The van der Waals surface area contributed by atoms with Gasteiger partial charge in [-0.05, 0) is 55.9 Å². The van der Waals surface area contributed by atoms with Crippen molar-refractivity contribution in [3.05, 3.63) is 35.4 Å². The summed E-state index contributed by atoms with van der Waals surface area (Å²) in [6.07, 6.45) is 2.80. The number of hydrogen-bond donors (Lipinski definition) is 2. The number of hydrogen-bond acceptors (Lipinski definition) is 2. The van der Waals surface area contributed by atoms with Gasteiger partial charge in [-0.15, -0.1) is 0 Å². The molecule has 1 aliphatic carbocycles. The first-order valence-electron chi connectivity index (χ1n) is 6.46. The van der Waals surface area contributed by atoms with Crippen LogP contribution in [0.15, 0.2) is 18.2 Å². The van der Waals surface area contributed by atoms with Gasteiger partial charge in [-0.2, -0.15) is 0 Å². The summed E-state index contributed by atoms with van der Waals surface area (Å²) >= 11 is 0. The molecule has 0 aliphatic heterocycles. The molecule has 1 aromatic carbocycles. The fourth-order valence-corrected chi connectivity index (χ4v) is 2.40. The molecule has 1 fully saturated rings. The van der Waals surface area contributed by atoms with E-state index in [-0.39, 0.29) is 18.5 Å². The van der Waals surface area contributed by atoms with Crippen LogP contribution in [-0.2, 0) is 11.2 Å². The molecule has 2 N–H and O–H groups in total. The van der Waals surface area contributed by atoms with E-state index >= 15 is 0 Å². The van der Waals surface area contributed by atoms with Crippen molar-refractivity contribution in [1.29, 1.82) is 0 Å². The van der Waals surface area contributed by atoms with E-state index in [9.17, 15) is 18.7 Å². The van der Waals surface area contributed by atoms with Gasteiger partial charge in [-0.1, -0.05) is 0 Å². The molecule has 104 valence electrons. The lowest BCUT2D eigenvalue weighted by atomic mass is 10.0. The van der Waals surface area contributed by atoms with E-state index in [1.807, 2.05) is 0 Å². The van der Waals surface area contributed by atoms with Crippen LogP contribution < -0.4 is 5.32 Å². The van der Waals surface area contributed by atoms with E-state index in [1.54, 1.807) is 0 Å². The van der Waals surface area contributed by atoms with Gasteiger partial charge in [0.25, 0.3) is 5.91 Å². The molecule has 0 aromatic heterocycles. The van der Waals surface area contributed by atoms with Crippen LogP contribution in [0.2, 0.25) is 0 Å². The SMILES string of the molecule is O=C(NCCc1cc(F)ccc1F)C1(O)CCCC1. The molecule has 1 amide bonds. The molecule has 0 saturated heterocycles. The van der Waals surface area contributed by atoms with E-state index < -0.39 is 23.1 Å². The minimum atomic E-state index is -1.28. The van der Waals surface area contributed by atoms with E-state index in [1.165, 1.54) is 0 Å². The summed E-state index contributed by atoms with van der Waals surface area (Å²) in [5.74, 6) is -1.41. The van der Waals surface area contributed by atoms with E-state index in [0.717, 1.165) is 31.0 Å². The van der Waals surface area contributed by atoms with Crippen LogP contribution in [0, 0.1) is 11.6 Å². The molecule has 0 heterocycles. The number of carbonyl (C=O) groups is 1. The van der Waals surface area contributed by atoms with Gasteiger partial charge in [0.2, 0.25) is 0 Å². The largest absolute Gasteiger partial charge is 0.380 e. The summed E-state index contributed by atoms with van der Waals surface area (Å²) in [6, 6.07) is 3.24. The number of halogens is 2. The van der Waals surface area contributed by atoms with Gasteiger partial charge in [-0.3, -0.25) is 4.79 Å². The number of carbonyl (C=O) groups excluding carboxylic acids is 1. The monoisotopic (exact) mass is 269 g/mol. The summed E-state index contributed by atoms with van der Waals surface area (Å²) in [5, 5.41) is 12.6. The Hall–Kier alpha value is -1.49. The zero-order valence-corrected chi connectivity index (χ0v) is 10.6. The molecule has 2 rings (SSSR count).